The molecule has 0 saturated carbocycles. The van der Waals surface area contributed by atoms with Crippen molar-refractivity contribution in [3.8, 4) is 0 Å². The van der Waals surface area contributed by atoms with E-state index in [0.29, 0.717) is 10.7 Å². The molecule has 0 fully saturated rings. The minimum absolute atomic E-state index is 0.0366. The van der Waals surface area contributed by atoms with Crippen LogP contribution in [0.2, 0.25) is 5.02 Å². The number of aliphatic carboxylic acids is 1. The number of nitrogens with one attached hydrogen (secondary N) is 2. The Labute approximate surface area is 126 Å². The van der Waals surface area contributed by atoms with E-state index in [1.165, 1.54) is 13.8 Å². The fourth-order valence-corrected chi connectivity index (χ4v) is 1.68. The Kier molecular flexibility index (Phi) is 5.49. The van der Waals surface area contributed by atoms with Crippen molar-refractivity contribution in [2.24, 2.45) is 0 Å². The number of amides is 3. The summed E-state index contributed by atoms with van der Waals surface area (Å²) in [5, 5.41) is 13.9. The summed E-state index contributed by atoms with van der Waals surface area (Å²) in [6.07, 6.45) is 0. The van der Waals surface area contributed by atoms with E-state index in [1.807, 2.05) is 0 Å². The average Bonchev–Trinajstić information content (AvgIpc) is 2.40. The number of carbonyl (C=O) groups excluding carboxylic acids is 2. The van der Waals surface area contributed by atoms with Gasteiger partial charge in [0.15, 0.2) is 0 Å². The molecule has 0 unspecified atom stereocenters. The van der Waals surface area contributed by atoms with E-state index in [-0.39, 0.29) is 11.1 Å². The van der Waals surface area contributed by atoms with E-state index in [2.05, 4.69) is 10.6 Å². The molecule has 21 heavy (non-hydrogen) atoms. The van der Waals surface area contributed by atoms with Gasteiger partial charge in [-0.25, -0.2) is 9.59 Å². The zero-order chi connectivity index (χ0) is 16.2. The molecular formula is C14H15ClN2O4. The maximum atomic E-state index is 11.7. The highest BCUT2D eigenvalue weighted by atomic mass is 35.5. The lowest BCUT2D eigenvalue weighted by atomic mass is 10.1. The van der Waals surface area contributed by atoms with Gasteiger partial charge in [-0.2, -0.15) is 0 Å². The molecule has 0 aliphatic carbocycles. The van der Waals surface area contributed by atoms with Crippen LogP contribution in [-0.2, 0) is 9.59 Å². The highest BCUT2D eigenvalue weighted by Crippen LogP contribution is 2.19. The van der Waals surface area contributed by atoms with Gasteiger partial charge in [0.25, 0.3) is 5.91 Å². The highest BCUT2D eigenvalue weighted by molar-refractivity contribution is 6.30. The smallest absolute Gasteiger partial charge is 0.331 e. The zero-order valence-electron chi connectivity index (χ0n) is 11.8. The molecule has 112 valence electrons. The van der Waals surface area contributed by atoms with Gasteiger partial charge in [-0.3, -0.25) is 10.1 Å². The van der Waals surface area contributed by atoms with Gasteiger partial charge < -0.3 is 10.4 Å². The van der Waals surface area contributed by atoms with E-state index in [4.69, 9.17) is 16.7 Å². The van der Waals surface area contributed by atoms with Crippen molar-refractivity contribution < 1.29 is 19.5 Å². The Bertz CT molecular complexity index is 638. The summed E-state index contributed by atoms with van der Waals surface area (Å²) in [6.45, 7) is 4.38. The molecule has 0 spiro atoms. The van der Waals surface area contributed by atoms with Crippen molar-refractivity contribution in [2.45, 2.75) is 20.8 Å². The number of rotatable bonds is 3. The second-order valence-electron chi connectivity index (χ2n) is 4.42. The Morgan fingerprint density at radius 1 is 1.14 bits per heavy atom. The molecule has 1 aromatic carbocycles. The summed E-state index contributed by atoms with van der Waals surface area (Å²) >= 11 is 5.80. The van der Waals surface area contributed by atoms with Crippen LogP contribution in [0.4, 0.5) is 10.5 Å². The molecule has 0 aliphatic heterocycles. The molecule has 7 heteroatoms. The summed E-state index contributed by atoms with van der Waals surface area (Å²) in [4.78, 5) is 34.2. The second kappa shape index (κ2) is 6.90. The predicted octanol–water partition coefficient (Wildman–Crippen LogP) is 2.72. The lowest BCUT2D eigenvalue weighted by Gasteiger charge is -2.10. The number of hydrogen-bond donors (Lipinski definition) is 3. The number of imide groups is 1. The van der Waals surface area contributed by atoms with Gasteiger partial charge in [-0.1, -0.05) is 11.6 Å². The summed E-state index contributed by atoms with van der Waals surface area (Å²) in [6, 6.07) is 4.13. The van der Waals surface area contributed by atoms with E-state index in [9.17, 15) is 14.4 Å². The summed E-state index contributed by atoms with van der Waals surface area (Å²) in [7, 11) is 0. The maximum Gasteiger partial charge on any atom is 0.331 e. The van der Waals surface area contributed by atoms with Gasteiger partial charge in [-0.15, -0.1) is 0 Å². The van der Waals surface area contributed by atoms with E-state index in [0.717, 1.165) is 5.56 Å². The van der Waals surface area contributed by atoms with Gasteiger partial charge in [0.2, 0.25) is 0 Å². The van der Waals surface area contributed by atoms with Gasteiger partial charge in [0.1, 0.15) is 0 Å². The van der Waals surface area contributed by atoms with Crippen LogP contribution in [0, 0.1) is 6.92 Å². The normalized spacial score (nSPS) is 11.4. The molecule has 1 aromatic rings. The standard InChI is InChI=1S/C14H15ClN2O4/c1-7-6-10(15)4-5-11(7)16-14(21)17-12(18)8(2)9(3)13(19)20/h4-6H,1-3H3,(H,19,20)(H2,16,17,18,21). The second-order valence-corrected chi connectivity index (χ2v) is 4.86. The first-order chi connectivity index (χ1) is 9.72. The minimum Gasteiger partial charge on any atom is -0.478 e. The zero-order valence-corrected chi connectivity index (χ0v) is 12.5. The van der Waals surface area contributed by atoms with Crippen molar-refractivity contribution in [2.75, 3.05) is 5.32 Å². The summed E-state index contributed by atoms with van der Waals surface area (Å²) in [5.74, 6) is -1.98. The first kappa shape index (κ1) is 16.7. The quantitative estimate of drug-likeness (QED) is 0.748. The molecule has 3 amide bonds. The Balaban J connectivity index is 2.76. The van der Waals surface area contributed by atoms with Crippen LogP contribution in [-0.4, -0.2) is 23.0 Å². The molecule has 0 atom stereocenters. The number of anilines is 1. The van der Waals surface area contributed by atoms with Crippen molar-refractivity contribution in [1.29, 1.82) is 0 Å². The SMILES string of the molecule is CC(C(=O)O)=C(C)C(=O)NC(=O)Nc1ccc(Cl)cc1C. The van der Waals surface area contributed by atoms with Crippen molar-refractivity contribution in [3.05, 3.63) is 39.9 Å². The fourth-order valence-electron chi connectivity index (χ4n) is 1.45. The van der Waals surface area contributed by atoms with Crippen LogP contribution in [0.15, 0.2) is 29.3 Å². The first-order valence-corrected chi connectivity index (χ1v) is 6.39. The number of carboxylic acids is 1. The largest absolute Gasteiger partial charge is 0.478 e. The number of urea groups is 1. The molecule has 0 radical (unpaired) electrons. The molecule has 0 bridgehead atoms. The molecule has 1 rings (SSSR count). The third kappa shape index (κ3) is 4.61. The summed E-state index contributed by atoms with van der Waals surface area (Å²) in [5.41, 5.74) is 1.08. The number of benzene rings is 1. The first-order valence-electron chi connectivity index (χ1n) is 6.01. The van der Waals surface area contributed by atoms with Gasteiger partial charge in [-0.05, 0) is 44.5 Å². The number of aryl methyl sites for hydroxylation is 1. The molecule has 6 nitrogen and oxygen atoms in total. The molecule has 0 aliphatic rings. The third-order valence-electron chi connectivity index (χ3n) is 2.89. The van der Waals surface area contributed by atoms with Crippen molar-refractivity contribution in [1.82, 2.24) is 5.32 Å². The van der Waals surface area contributed by atoms with Crippen molar-refractivity contribution >= 4 is 35.2 Å². The van der Waals surface area contributed by atoms with E-state index in [1.54, 1.807) is 25.1 Å². The van der Waals surface area contributed by atoms with Crippen molar-refractivity contribution in [3.63, 3.8) is 0 Å². The van der Waals surface area contributed by atoms with Crippen LogP contribution < -0.4 is 10.6 Å². The number of carbonyl (C=O) groups is 3. The van der Waals surface area contributed by atoms with Gasteiger partial charge >= 0.3 is 12.0 Å². The topological polar surface area (TPSA) is 95.5 Å². The van der Waals surface area contributed by atoms with E-state index >= 15 is 0 Å². The summed E-state index contributed by atoms with van der Waals surface area (Å²) < 4.78 is 0. The van der Waals surface area contributed by atoms with Gasteiger partial charge in [0.05, 0.1) is 0 Å². The van der Waals surface area contributed by atoms with Crippen LogP contribution in [0.5, 0.6) is 0 Å². The maximum absolute atomic E-state index is 11.7. The lowest BCUT2D eigenvalue weighted by molar-refractivity contribution is -0.133. The number of halogens is 1. The molecule has 0 saturated heterocycles. The molecule has 0 heterocycles. The average molecular weight is 311 g/mol. The predicted molar refractivity (Wildman–Crippen MR) is 79.4 cm³/mol. The fraction of sp³-hybridized carbons (Fsp3) is 0.214. The van der Waals surface area contributed by atoms with Crippen LogP contribution in [0.3, 0.4) is 0 Å². The Morgan fingerprint density at radius 3 is 2.29 bits per heavy atom. The van der Waals surface area contributed by atoms with Crippen LogP contribution in [0.25, 0.3) is 0 Å². The Hall–Kier alpha value is -2.34. The minimum atomic E-state index is -1.21. The number of hydrogen-bond acceptors (Lipinski definition) is 3. The lowest BCUT2D eigenvalue weighted by Crippen LogP contribution is -2.35. The highest BCUT2D eigenvalue weighted by Gasteiger charge is 2.15. The molecule has 0 aromatic heterocycles. The van der Waals surface area contributed by atoms with Crippen LogP contribution >= 0.6 is 11.6 Å². The van der Waals surface area contributed by atoms with Gasteiger partial charge in [0, 0.05) is 21.9 Å². The number of carboxylic acid groups (broad SMARTS) is 1. The van der Waals surface area contributed by atoms with E-state index < -0.39 is 17.9 Å². The third-order valence-corrected chi connectivity index (χ3v) is 3.12. The van der Waals surface area contributed by atoms with Crippen LogP contribution in [0.1, 0.15) is 19.4 Å². The Morgan fingerprint density at radius 2 is 1.76 bits per heavy atom. The molecular weight excluding hydrogens is 296 g/mol. The monoisotopic (exact) mass is 310 g/mol. The molecule has 3 N–H and O–H groups in total.